The molecule has 1 heterocycles. The smallest absolute Gasteiger partial charge is 0.328 e. The van der Waals surface area contributed by atoms with Crippen LogP contribution in [0.4, 0.5) is 0 Å². The molecule has 2 aromatic rings. The maximum Gasteiger partial charge on any atom is 0.328 e. The third-order valence-electron chi connectivity index (χ3n) is 3.39. The molecule has 22 heavy (non-hydrogen) atoms. The summed E-state index contributed by atoms with van der Waals surface area (Å²) < 4.78 is 5.46. The van der Waals surface area contributed by atoms with Crippen LogP contribution in [0.5, 0.6) is 5.75 Å². The van der Waals surface area contributed by atoms with Gasteiger partial charge in [0.05, 0.1) is 7.11 Å². The molecule has 0 aliphatic carbocycles. The van der Waals surface area contributed by atoms with Gasteiger partial charge in [0, 0.05) is 16.5 Å². The van der Waals surface area contributed by atoms with Crippen molar-refractivity contribution >= 4 is 23.4 Å². The summed E-state index contributed by atoms with van der Waals surface area (Å²) in [6, 6.07) is 8.12. The average molecular weight is 316 g/mol. The van der Waals surface area contributed by atoms with E-state index in [0.29, 0.717) is 0 Å². The average Bonchev–Trinajstić information content (AvgIpc) is 2.91. The maximum atomic E-state index is 10.7. The summed E-state index contributed by atoms with van der Waals surface area (Å²) in [5.74, 6) is -0.0708. The lowest BCUT2D eigenvalue weighted by atomic mass is 9.84. The fourth-order valence-corrected chi connectivity index (χ4v) is 3.11. The van der Waals surface area contributed by atoms with Crippen LogP contribution in [0.2, 0.25) is 0 Å². The zero-order valence-corrected chi connectivity index (χ0v) is 14.0. The second-order valence-corrected chi connectivity index (χ2v) is 6.98. The van der Waals surface area contributed by atoms with E-state index in [1.165, 1.54) is 17.4 Å². The normalized spacial score (nSPS) is 11.8. The SMILES string of the molecule is COc1ccc(-c2ccsc2C=CC(=O)O)cc1C(C)(C)C. The van der Waals surface area contributed by atoms with Gasteiger partial charge in [0.1, 0.15) is 5.75 Å². The third kappa shape index (κ3) is 3.57. The van der Waals surface area contributed by atoms with Gasteiger partial charge in [0.15, 0.2) is 0 Å². The topological polar surface area (TPSA) is 46.5 Å². The van der Waals surface area contributed by atoms with Crippen molar-refractivity contribution in [2.75, 3.05) is 7.11 Å². The number of rotatable bonds is 4. The first-order valence-corrected chi connectivity index (χ1v) is 7.88. The van der Waals surface area contributed by atoms with Crippen LogP contribution >= 0.6 is 11.3 Å². The Morgan fingerprint density at radius 2 is 2.00 bits per heavy atom. The largest absolute Gasteiger partial charge is 0.496 e. The molecule has 0 spiro atoms. The molecular formula is C18H20O3S. The van der Waals surface area contributed by atoms with Gasteiger partial charge in [0.25, 0.3) is 0 Å². The number of hydrogen-bond acceptors (Lipinski definition) is 3. The predicted octanol–water partition coefficient (Wildman–Crippen LogP) is 4.82. The Morgan fingerprint density at radius 3 is 2.59 bits per heavy atom. The summed E-state index contributed by atoms with van der Waals surface area (Å²) in [5, 5.41) is 10.8. The van der Waals surface area contributed by atoms with E-state index < -0.39 is 5.97 Å². The molecule has 0 unspecified atom stereocenters. The molecule has 0 radical (unpaired) electrons. The lowest BCUT2D eigenvalue weighted by Gasteiger charge is -2.23. The number of thiophene rings is 1. The summed E-state index contributed by atoms with van der Waals surface area (Å²) >= 11 is 1.53. The zero-order valence-electron chi connectivity index (χ0n) is 13.2. The molecule has 1 aromatic carbocycles. The third-order valence-corrected chi connectivity index (χ3v) is 4.27. The number of methoxy groups -OCH3 is 1. The molecule has 0 atom stereocenters. The molecule has 2 rings (SSSR count). The molecule has 0 saturated heterocycles. The molecule has 0 saturated carbocycles. The van der Waals surface area contributed by atoms with E-state index in [-0.39, 0.29) is 5.41 Å². The summed E-state index contributed by atoms with van der Waals surface area (Å²) in [6.45, 7) is 6.44. The molecule has 1 aromatic heterocycles. The van der Waals surface area contributed by atoms with E-state index in [1.807, 2.05) is 23.6 Å². The molecule has 0 bridgehead atoms. The number of ether oxygens (including phenoxy) is 1. The first kappa shape index (κ1) is 16.3. The monoisotopic (exact) mass is 316 g/mol. The Bertz CT molecular complexity index is 705. The Kier molecular flexibility index (Phi) is 4.71. The van der Waals surface area contributed by atoms with Crippen LogP contribution < -0.4 is 4.74 Å². The molecule has 116 valence electrons. The van der Waals surface area contributed by atoms with Crippen molar-refractivity contribution in [3.8, 4) is 16.9 Å². The van der Waals surface area contributed by atoms with E-state index in [1.54, 1.807) is 13.2 Å². The first-order valence-electron chi connectivity index (χ1n) is 7.00. The lowest BCUT2D eigenvalue weighted by molar-refractivity contribution is -0.131. The number of benzene rings is 1. The first-order chi connectivity index (χ1) is 10.3. The van der Waals surface area contributed by atoms with Crippen molar-refractivity contribution in [1.29, 1.82) is 0 Å². The molecule has 4 heteroatoms. The van der Waals surface area contributed by atoms with Gasteiger partial charge >= 0.3 is 5.97 Å². The van der Waals surface area contributed by atoms with Gasteiger partial charge in [0.2, 0.25) is 0 Å². The fourth-order valence-electron chi connectivity index (χ4n) is 2.30. The quantitative estimate of drug-likeness (QED) is 0.823. The second kappa shape index (κ2) is 6.36. The van der Waals surface area contributed by atoms with Crippen molar-refractivity contribution in [3.63, 3.8) is 0 Å². The fraction of sp³-hybridized carbons (Fsp3) is 0.278. The van der Waals surface area contributed by atoms with E-state index >= 15 is 0 Å². The highest BCUT2D eigenvalue weighted by Crippen LogP contribution is 2.37. The highest BCUT2D eigenvalue weighted by atomic mass is 32.1. The lowest BCUT2D eigenvalue weighted by Crippen LogP contribution is -2.12. The predicted molar refractivity (Wildman–Crippen MR) is 91.7 cm³/mol. The van der Waals surface area contributed by atoms with E-state index in [0.717, 1.165) is 27.3 Å². The second-order valence-electron chi connectivity index (χ2n) is 6.04. The molecule has 1 N–H and O–H groups in total. The maximum absolute atomic E-state index is 10.7. The molecule has 0 fully saturated rings. The minimum absolute atomic E-state index is 0.0333. The minimum Gasteiger partial charge on any atom is -0.496 e. The van der Waals surface area contributed by atoms with Crippen LogP contribution in [0, 0.1) is 0 Å². The van der Waals surface area contributed by atoms with Crippen LogP contribution in [-0.4, -0.2) is 18.2 Å². The van der Waals surface area contributed by atoms with Crippen molar-refractivity contribution in [1.82, 2.24) is 0 Å². The van der Waals surface area contributed by atoms with Gasteiger partial charge in [-0.2, -0.15) is 0 Å². The summed E-state index contributed by atoms with van der Waals surface area (Å²) in [4.78, 5) is 11.7. The number of carbonyl (C=O) groups is 1. The number of hydrogen-bond donors (Lipinski definition) is 1. The van der Waals surface area contributed by atoms with Gasteiger partial charge in [-0.25, -0.2) is 4.79 Å². The van der Waals surface area contributed by atoms with Gasteiger partial charge in [-0.05, 0) is 46.2 Å². The van der Waals surface area contributed by atoms with E-state index in [4.69, 9.17) is 9.84 Å². The van der Waals surface area contributed by atoms with Gasteiger partial charge < -0.3 is 9.84 Å². The van der Waals surface area contributed by atoms with E-state index in [2.05, 4.69) is 26.8 Å². The number of aliphatic carboxylic acids is 1. The van der Waals surface area contributed by atoms with E-state index in [9.17, 15) is 4.79 Å². The van der Waals surface area contributed by atoms with Crippen LogP contribution in [0.25, 0.3) is 17.2 Å². The number of carboxylic acid groups (broad SMARTS) is 1. The van der Waals surface area contributed by atoms with Gasteiger partial charge in [-0.15, -0.1) is 11.3 Å². The summed E-state index contributed by atoms with van der Waals surface area (Å²) in [5.41, 5.74) is 3.20. The number of carboxylic acids is 1. The zero-order chi connectivity index (χ0) is 16.3. The highest BCUT2D eigenvalue weighted by Gasteiger charge is 2.20. The Balaban J connectivity index is 2.51. The van der Waals surface area contributed by atoms with Crippen molar-refractivity contribution in [2.24, 2.45) is 0 Å². The molecule has 0 aliphatic rings. The van der Waals surface area contributed by atoms with Gasteiger partial charge in [-0.3, -0.25) is 0 Å². The van der Waals surface area contributed by atoms with Crippen molar-refractivity contribution < 1.29 is 14.6 Å². The summed E-state index contributed by atoms with van der Waals surface area (Å²) in [6.07, 6.45) is 2.81. The van der Waals surface area contributed by atoms with Gasteiger partial charge in [-0.1, -0.05) is 26.8 Å². The Labute approximate surface area is 134 Å². The molecule has 3 nitrogen and oxygen atoms in total. The van der Waals surface area contributed by atoms with Crippen LogP contribution in [0.15, 0.2) is 35.7 Å². The molecular weight excluding hydrogens is 296 g/mol. The van der Waals surface area contributed by atoms with Crippen LogP contribution in [0.1, 0.15) is 31.2 Å². The van der Waals surface area contributed by atoms with Crippen LogP contribution in [-0.2, 0) is 10.2 Å². The summed E-state index contributed by atoms with van der Waals surface area (Å²) in [7, 11) is 1.68. The Hall–Kier alpha value is -2.07. The van der Waals surface area contributed by atoms with Crippen LogP contribution in [0.3, 0.4) is 0 Å². The molecule has 0 aliphatic heterocycles. The minimum atomic E-state index is -0.940. The molecule has 0 amide bonds. The Morgan fingerprint density at radius 1 is 1.27 bits per heavy atom. The van der Waals surface area contributed by atoms with Crippen molar-refractivity contribution in [3.05, 3.63) is 46.2 Å². The van der Waals surface area contributed by atoms with Crippen molar-refractivity contribution in [2.45, 2.75) is 26.2 Å². The standard InChI is InChI=1S/C18H20O3S/c1-18(2,3)14-11-12(5-6-15(14)21-4)13-9-10-22-16(13)7-8-17(19)20/h5-11H,1-4H3,(H,19,20). The highest BCUT2D eigenvalue weighted by molar-refractivity contribution is 7.11.